The van der Waals surface area contributed by atoms with E-state index in [0.717, 1.165) is 29.5 Å². The van der Waals surface area contributed by atoms with Crippen molar-refractivity contribution < 1.29 is 32.6 Å². The van der Waals surface area contributed by atoms with E-state index in [1.165, 1.54) is 29.5 Å². The van der Waals surface area contributed by atoms with Gasteiger partial charge >= 0.3 is 18.7 Å². The van der Waals surface area contributed by atoms with Gasteiger partial charge in [-0.1, -0.05) is 17.4 Å². The van der Waals surface area contributed by atoms with E-state index in [1.807, 2.05) is 0 Å². The van der Waals surface area contributed by atoms with Crippen molar-refractivity contribution in [3.63, 3.8) is 0 Å². The Labute approximate surface area is 204 Å². The summed E-state index contributed by atoms with van der Waals surface area (Å²) in [7, 11) is 0. The minimum Gasteiger partial charge on any atom is -0.444 e. The highest BCUT2D eigenvalue weighted by Gasteiger charge is 2.45. The van der Waals surface area contributed by atoms with Crippen molar-refractivity contribution in [2.75, 3.05) is 5.32 Å². The number of hydrogen-bond donors (Lipinski definition) is 3. The molecule has 4 amide bonds. The molecule has 2 aromatic rings. The van der Waals surface area contributed by atoms with Crippen LogP contribution in [0, 0.1) is 0 Å². The van der Waals surface area contributed by atoms with E-state index >= 15 is 0 Å². The number of hydrogen-bond acceptors (Lipinski definition) is 7. The van der Waals surface area contributed by atoms with Crippen LogP contribution in [0.3, 0.4) is 0 Å². The molecule has 2 bridgehead atoms. The molecule has 2 aliphatic heterocycles. The first kappa shape index (κ1) is 24.6. The van der Waals surface area contributed by atoms with Crippen LogP contribution in [0.4, 0.5) is 23.5 Å². The molecule has 1 fully saturated rings. The number of hydrazine groups is 1. The van der Waals surface area contributed by atoms with Gasteiger partial charge in [-0.2, -0.15) is 8.78 Å². The highest BCUT2D eigenvalue weighted by molar-refractivity contribution is 7.16. The number of rotatable bonds is 4. The number of benzene rings is 1. The molecule has 3 N–H and O–H groups in total. The fraction of sp³-hybridized carbons (Fsp3) is 0.455. The minimum atomic E-state index is -3.01. The van der Waals surface area contributed by atoms with Gasteiger partial charge in [-0.25, -0.2) is 20.0 Å². The summed E-state index contributed by atoms with van der Waals surface area (Å²) in [4.78, 5) is 44.5. The molecule has 188 valence electrons. The van der Waals surface area contributed by atoms with Crippen LogP contribution in [0.2, 0.25) is 0 Å². The van der Waals surface area contributed by atoms with Crippen LogP contribution in [0.15, 0.2) is 24.3 Å². The second-order valence-electron chi connectivity index (χ2n) is 9.11. The fourth-order valence-corrected chi connectivity index (χ4v) is 5.26. The summed E-state index contributed by atoms with van der Waals surface area (Å²) in [6.45, 7) is 2.28. The fourth-order valence-electron chi connectivity index (χ4n) is 4.15. The molecule has 4 rings (SSSR count). The Kier molecular flexibility index (Phi) is 6.79. The molecule has 10 nitrogen and oxygen atoms in total. The normalized spacial score (nSPS) is 18.6. The van der Waals surface area contributed by atoms with Crippen LogP contribution < -0.4 is 20.9 Å². The molecule has 2 aliphatic rings. The largest absolute Gasteiger partial charge is 0.444 e. The molecule has 1 aromatic heterocycles. The summed E-state index contributed by atoms with van der Waals surface area (Å²) in [6, 6.07) is 4.41. The molecule has 13 heteroatoms. The Balaban J connectivity index is 1.39. The van der Waals surface area contributed by atoms with Gasteiger partial charge in [0.2, 0.25) is 0 Å². The predicted octanol–water partition coefficient (Wildman–Crippen LogP) is 4.21. The molecule has 0 radical (unpaired) electrons. The van der Waals surface area contributed by atoms with Gasteiger partial charge in [-0.3, -0.25) is 15.5 Å². The maximum absolute atomic E-state index is 12.9. The third-order valence-electron chi connectivity index (χ3n) is 5.41. The average Bonchev–Trinajstić information content (AvgIpc) is 3.30. The van der Waals surface area contributed by atoms with Crippen molar-refractivity contribution in [3.05, 3.63) is 40.4 Å². The SMILES string of the molecule is CC(C)(C)OC(=O)Nc1nc2c(s1)C1CCC(C2)N1C(=O)NNC(=O)c1cccc(OC(F)F)c1. The van der Waals surface area contributed by atoms with Crippen molar-refractivity contribution in [2.24, 2.45) is 0 Å². The summed E-state index contributed by atoms with van der Waals surface area (Å²) in [5.74, 6) is -0.841. The van der Waals surface area contributed by atoms with Gasteiger partial charge in [0, 0.05) is 18.0 Å². The van der Waals surface area contributed by atoms with Crippen LogP contribution in [0.5, 0.6) is 5.75 Å². The third-order valence-corrected chi connectivity index (χ3v) is 6.52. The quantitative estimate of drug-likeness (QED) is 0.531. The van der Waals surface area contributed by atoms with Gasteiger partial charge in [0.05, 0.1) is 16.6 Å². The van der Waals surface area contributed by atoms with E-state index in [0.29, 0.717) is 11.6 Å². The molecule has 1 saturated heterocycles. The first-order valence-electron chi connectivity index (χ1n) is 10.9. The lowest BCUT2D eigenvalue weighted by Gasteiger charge is -2.33. The summed E-state index contributed by atoms with van der Waals surface area (Å²) < 4.78 is 34.4. The lowest BCUT2D eigenvalue weighted by molar-refractivity contribution is -0.0499. The van der Waals surface area contributed by atoms with Crippen molar-refractivity contribution in [2.45, 2.75) is 64.3 Å². The van der Waals surface area contributed by atoms with Gasteiger partial charge in [0.15, 0.2) is 5.13 Å². The number of ether oxygens (including phenoxy) is 2. The minimum absolute atomic E-state index is 0.0488. The van der Waals surface area contributed by atoms with Gasteiger partial charge < -0.3 is 14.4 Å². The van der Waals surface area contributed by atoms with Crippen LogP contribution in [-0.2, 0) is 11.2 Å². The Bertz CT molecular complexity index is 1140. The number of carbonyl (C=O) groups is 3. The van der Waals surface area contributed by atoms with E-state index in [-0.39, 0.29) is 23.4 Å². The number of nitrogens with one attached hydrogen (secondary N) is 3. The lowest BCUT2D eigenvalue weighted by Crippen LogP contribution is -2.52. The number of alkyl halides is 2. The Morgan fingerprint density at radius 3 is 2.69 bits per heavy atom. The van der Waals surface area contributed by atoms with E-state index in [4.69, 9.17) is 4.74 Å². The van der Waals surface area contributed by atoms with Crippen LogP contribution in [0.1, 0.15) is 60.6 Å². The van der Waals surface area contributed by atoms with Gasteiger partial charge in [-0.05, 0) is 51.8 Å². The number of urea groups is 1. The molecule has 1 aromatic carbocycles. The average molecular weight is 510 g/mol. The van der Waals surface area contributed by atoms with E-state index in [1.54, 1.807) is 25.7 Å². The predicted molar refractivity (Wildman–Crippen MR) is 122 cm³/mol. The molecule has 0 saturated carbocycles. The topological polar surface area (TPSA) is 122 Å². The second kappa shape index (κ2) is 9.64. The van der Waals surface area contributed by atoms with Gasteiger partial charge in [0.25, 0.3) is 5.91 Å². The van der Waals surface area contributed by atoms with Crippen LogP contribution >= 0.6 is 11.3 Å². The molecular formula is C22H25F2N5O5S. The van der Waals surface area contributed by atoms with Crippen LogP contribution in [0.25, 0.3) is 0 Å². The zero-order chi connectivity index (χ0) is 25.3. The summed E-state index contributed by atoms with van der Waals surface area (Å²) in [6.07, 6.45) is 1.41. The zero-order valence-electron chi connectivity index (χ0n) is 19.3. The lowest BCUT2D eigenvalue weighted by atomic mass is 10.1. The highest BCUT2D eigenvalue weighted by atomic mass is 32.1. The standard InChI is InChI=1S/C22H25F2N5O5S/c1-22(2,3)34-21(32)26-19-25-14-10-12-7-8-15(16(14)35-19)29(12)20(31)28-27-17(30)11-5-4-6-13(9-11)33-18(23)24/h4-6,9,12,15,18H,7-8,10H2,1-3H3,(H,27,30)(H,28,31)(H,25,26,32). The number of anilines is 1. The highest BCUT2D eigenvalue weighted by Crippen LogP contribution is 2.46. The first-order valence-corrected chi connectivity index (χ1v) is 11.7. The Morgan fingerprint density at radius 2 is 1.97 bits per heavy atom. The van der Waals surface area contributed by atoms with E-state index in [2.05, 4.69) is 25.9 Å². The molecule has 2 atom stereocenters. The maximum Gasteiger partial charge on any atom is 0.413 e. The monoisotopic (exact) mass is 509 g/mol. The molecule has 0 spiro atoms. The van der Waals surface area contributed by atoms with Gasteiger partial charge in [-0.15, -0.1) is 0 Å². The number of carbonyl (C=O) groups excluding carboxylic acids is 3. The molecule has 2 unspecified atom stereocenters. The summed E-state index contributed by atoms with van der Waals surface area (Å²) in [5.41, 5.74) is 4.95. The molecule has 35 heavy (non-hydrogen) atoms. The Hall–Kier alpha value is -3.48. The first-order chi connectivity index (χ1) is 16.5. The second-order valence-corrected chi connectivity index (χ2v) is 10.1. The van der Waals surface area contributed by atoms with E-state index in [9.17, 15) is 23.2 Å². The number of aromatic nitrogens is 1. The van der Waals surface area contributed by atoms with Gasteiger partial charge in [0.1, 0.15) is 11.4 Å². The summed E-state index contributed by atoms with van der Waals surface area (Å²) in [5, 5.41) is 3.05. The number of fused-ring (bicyclic) bond motifs is 4. The zero-order valence-corrected chi connectivity index (χ0v) is 20.1. The van der Waals surface area contributed by atoms with E-state index < -0.39 is 30.2 Å². The Morgan fingerprint density at radius 1 is 1.20 bits per heavy atom. The van der Waals surface area contributed by atoms with Crippen LogP contribution in [-0.4, -0.2) is 46.2 Å². The molecule has 0 aliphatic carbocycles. The number of amides is 4. The molecular weight excluding hydrogens is 484 g/mol. The number of nitrogens with zero attached hydrogens (tertiary/aromatic N) is 2. The number of halogens is 2. The van der Waals surface area contributed by atoms with Crippen molar-refractivity contribution >= 4 is 34.5 Å². The molecule has 3 heterocycles. The van der Waals surface area contributed by atoms with Crippen molar-refractivity contribution in [1.29, 1.82) is 0 Å². The number of thiazole rings is 1. The van der Waals surface area contributed by atoms with Crippen molar-refractivity contribution in [3.8, 4) is 5.75 Å². The smallest absolute Gasteiger partial charge is 0.413 e. The third kappa shape index (κ3) is 5.78. The summed E-state index contributed by atoms with van der Waals surface area (Å²) >= 11 is 1.29. The van der Waals surface area contributed by atoms with Crippen molar-refractivity contribution in [1.82, 2.24) is 20.7 Å². The maximum atomic E-state index is 12.9.